The zero-order chi connectivity index (χ0) is 11.5. The molecule has 0 aliphatic heterocycles. The van der Waals surface area contributed by atoms with Gasteiger partial charge in [0, 0.05) is 17.6 Å². The molecule has 2 aromatic rings. The van der Waals surface area contributed by atoms with Crippen molar-refractivity contribution < 1.29 is 5.11 Å². The van der Waals surface area contributed by atoms with Gasteiger partial charge in [-0.2, -0.15) is 0 Å². The van der Waals surface area contributed by atoms with Crippen LogP contribution in [0.2, 0.25) is 0 Å². The van der Waals surface area contributed by atoms with E-state index in [-0.39, 0.29) is 12.2 Å². The summed E-state index contributed by atoms with van der Waals surface area (Å²) in [5.74, 6) is 0. The van der Waals surface area contributed by atoms with E-state index in [0.717, 1.165) is 4.47 Å². The number of aryl methyl sites for hydroxylation is 1. The SMILES string of the molecule is O=c1c2cc(Br)ccc2ncn1CCCO. The van der Waals surface area contributed by atoms with Crippen molar-refractivity contribution in [3.63, 3.8) is 0 Å². The Kier molecular flexibility index (Phi) is 3.36. The van der Waals surface area contributed by atoms with Gasteiger partial charge in [-0.25, -0.2) is 4.98 Å². The van der Waals surface area contributed by atoms with Crippen molar-refractivity contribution in [3.8, 4) is 0 Å². The maximum absolute atomic E-state index is 12.0. The summed E-state index contributed by atoms with van der Waals surface area (Å²) >= 11 is 3.33. The summed E-state index contributed by atoms with van der Waals surface area (Å²) in [6.45, 7) is 0.563. The Morgan fingerprint density at radius 3 is 3.00 bits per heavy atom. The standard InChI is InChI=1S/C11H11BrN2O2/c12-8-2-3-10-9(6-8)11(16)14(7-13-10)4-1-5-15/h2-3,6-7,15H,1,4-5H2. The number of benzene rings is 1. The molecule has 0 amide bonds. The Labute approximate surface area is 101 Å². The van der Waals surface area contributed by atoms with Gasteiger partial charge in [-0.1, -0.05) is 15.9 Å². The number of aliphatic hydroxyl groups is 1. The predicted molar refractivity (Wildman–Crippen MR) is 65.4 cm³/mol. The van der Waals surface area contributed by atoms with Crippen molar-refractivity contribution in [1.82, 2.24) is 9.55 Å². The Balaban J connectivity index is 2.55. The third-order valence-electron chi connectivity index (χ3n) is 2.34. The molecule has 0 aliphatic carbocycles. The third kappa shape index (κ3) is 2.15. The Morgan fingerprint density at radius 1 is 1.44 bits per heavy atom. The number of aliphatic hydroxyl groups excluding tert-OH is 1. The fraction of sp³-hybridized carbons (Fsp3) is 0.273. The molecule has 0 radical (unpaired) electrons. The quantitative estimate of drug-likeness (QED) is 0.929. The summed E-state index contributed by atoms with van der Waals surface area (Å²) in [4.78, 5) is 16.2. The van der Waals surface area contributed by atoms with Crippen LogP contribution in [0.1, 0.15) is 6.42 Å². The highest BCUT2D eigenvalue weighted by atomic mass is 79.9. The molecule has 2 rings (SSSR count). The van der Waals surface area contributed by atoms with Gasteiger partial charge < -0.3 is 5.11 Å². The van der Waals surface area contributed by atoms with Gasteiger partial charge in [-0.15, -0.1) is 0 Å². The summed E-state index contributed by atoms with van der Waals surface area (Å²) in [5.41, 5.74) is 0.619. The molecule has 1 N–H and O–H groups in total. The van der Waals surface area contributed by atoms with E-state index in [2.05, 4.69) is 20.9 Å². The monoisotopic (exact) mass is 282 g/mol. The normalized spacial score (nSPS) is 10.9. The second kappa shape index (κ2) is 4.76. The molecule has 0 saturated heterocycles. The molecule has 5 heteroatoms. The minimum Gasteiger partial charge on any atom is -0.396 e. The summed E-state index contributed by atoms with van der Waals surface area (Å²) < 4.78 is 2.38. The van der Waals surface area contributed by atoms with Gasteiger partial charge in [0.15, 0.2) is 0 Å². The largest absolute Gasteiger partial charge is 0.396 e. The maximum Gasteiger partial charge on any atom is 0.261 e. The van der Waals surface area contributed by atoms with Crippen molar-refractivity contribution in [3.05, 3.63) is 39.4 Å². The van der Waals surface area contributed by atoms with Crippen LogP contribution in [-0.2, 0) is 6.54 Å². The van der Waals surface area contributed by atoms with E-state index in [1.165, 1.54) is 10.9 Å². The van der Waals surface area contributed by atoms with Gasteiger partial charge in [-0.3, -0.25) is 9.36 Å². The zero-order valence-corrected chi connectivity index (χ0v) is 10.1. The van der Waals surface area contributed by atoms with Crippen molar-refractivity contribution in [2.75, 3.05) is 6.61 Å². The predicted octanol–water partition coefficient (Wildman–Crippen LogP) is 1.54. The smallest absolute Gasteiger partial charge is 0.261 e. The number of hydrogen-bond donors (Lipinski definition) is 1. The summed E-state index contributed by atoms with van der Waals surface area (Å²) in [6.07, 6.45) is 2.08. The first-order valence-electron chi connectivity index (χ1n) is 4.98. The Morgan fingerprint density at radius 2 is 2.25 bits per heavy atom. The molecular formula is C11H11BrN2O2. The van der Waals surface area contributed by atoms with E-state index in [1.54, 1.807) is 12.1 Å². The second-order valence-electron chi connectivity index (χ2n) is 3.48. The molecule has 0 spiro atoms. The highest BCUT2D eigenvalue weighted by Gasteiger charge is 2.03. The first kappa shape index (κ1) is 11.3. The molecule has 0 saturated carbocycles. The topological polar surface area (TPSA) is 55.1 Å². The van der Waals surface area contributed by atoms with Crippen molar-refractivity contribution in [1.29, 1.82) is 0 Å². The lowest BCUT2D eigenvalue weighted by atomic mass is 10.2. The molecule has 84 valence electrons. The van der Waals surface area contributed by atoms with E-state index in [4.69, 9.17) is 5.11 Å². The molecule has 4 nitrogen and oxygen atoms in total. The van der Waals surface area contributed by atoms with Gasteiger partial charge in [0.05, 0.1) is 17.2 Å². The van der Waals surface area contributed by atoms with E-state index in [1.807, 2.05) is 6.07 Å². The fourth-order valence-corrected chi connectivity index (χ4v) is 1.89. The zero-order valence-electron chi connectivity index (χ0n) is 8.56. The summed E-state index contributed by atoms with van der Waals surface area (Å²) in [5, 5.41) is 9.32. The maximum atomic E-state index is 12.0. The van der Waals surface area contributed by atoms with E-state index in [0.29, 0.717) is 23.9 Å². The highest BCUT2D eigenvalue weighted by Crippen LogP contribution is 2.14. The first-order valence-corrected chi connectivity index (χ1v) is 5.77. The Bertz CT molecular complexity index is 565. The molecule has 1 aromatic heterocycles. The highest BCUT2D eigenvalue weighted by molar-refractivity contribution is 9.10. The van der Waals surface area contributed by atoms with E-state index < -0.39 is 0 Å². The van der Waals surface area contributed by atoms with Gasteiger partial charge in [0.2, 0.25) is 0 Å². The van der Waals surface area contributed by atoms with Crippen LogP contribution in [0.3, 0.4) is 0 Å². The average molecular weight is 283 g/mol. The fourth-order valence-electron chi connectivity index (χ4n) is 1.53. The van der Waals surface area contributed by atoms with Gasteiger partial charge in [-0.05, 0) is 24.6 Å². The van der Waals surface area contributed by atoms with Crippen molar-refractivity contribution >= 4 is 26.8 Å². The average Bonchev–Trinajstić information content (AvgIpc) is 2.29. The van der Waals surface area contributed by atoms with Gasteiger partial charge in [0.1, 0.15) is 0 Å². The van der Waals surface area contributed by atoms with Crippen LogP contribution in [-0.4, -0.2) is 21.3 Å². The van der Waals surface area contributed by atoms with Crippen LogP contribution in [0, 0.1) is 0 Å². The van der Waals surface area contributed by atoms with Crippen LogP contribution in [0.5, 0.6) is 0 Å². The molecule has 0 atom stereocenters. The minimum atomic E-state index is -0.0697. The van der Waals surface area contributed by atoms with Crippen molar-refractivity contribution in [2.24, 2.45) is 0 Å². The molecular weight excluding hydrogens is 272 g/mol. The number of fused-ring (bicyclic) bond motifs is 1. The van der Waals surface area contributed by atoms with Crippen LogP contribution in [0.4, 0.5) is 0 Å². The lowest BCUT2D eigenvalue weighted by molar-refractivity contribution is 0.279. The second-order valence-corrected chi connectivity index (χ2v) is 4.40. The molecule has 16 heavy (non-hydrogen) atoms. The van der Waals surface area contributed by atoms with Crippen LogP contribution in [0.15, 0.2) is 33.8 Å². The molecule has 0 unspecified atom stereocenters. The number of aromatic nitrogens is 2. The minimum absolute atomic E-state index is 0.0697. The van der Waals surface area contributed by atoms with E-state index >= 15 is 0 Å². The van der Waals surface area contributed by atoms with Crippen LogP contribution in [0.25, 0.3) is 10.9 Å². The number of nitrogens with zero attached hydrogens (tertiary/aromatic N) is 2. The molecule has 0 bridgehead atoms. The molecule has 0 aliphatic rings. The lowest BCUT2D eigenvalue weighted by Crippen LogP contribution is -2.21. The van der Waals surface area contributed by atoms with Gasteiger partial charge >= 0.3 is 0 Å². The Hall–Kier alpha value is -1.20. The molecule has 1 aromatic carbocycles. The summed E-state index contributed by atoms with van der Waals surface area (Å²) in [7, 11) is 0. The van der Waals surface area contributed by atoms with Crippen LogP contribution < -0.4 is 5.56 Å². The van der Waals surface area contributed by atoms with E-state index in [9.17, 15) is 4.79 Å². The number of halogens is 1. The third-order valence-corrected chi connectivity index (χ3v) is 2.84. The first-order chi connectivity index (χ1) is 7.72. The molecule has 0 fully saturated rings. The summed E-state index contributed by atoms with van der Waals surface area (Å²) in [6, 6.07) is 5.42. The van der Waals surface area contributed by atoms with Crippen molar-refractivity contribution in [2.45, 2.75) is 13.0 Å². The van der Waals surface area contributed by atoms with Gasteiger partial charge in [0.25, 0.3) is 5.56 Å². The number of hydrogen-bond acceptors (Lipinski definition) is 3. The van der Waals surface area contributed by atoms with Crippen LogP contribution >= 0.6 is 15.9 Å². The molecule has 1 heterocycles. The number of rotatable bonds is 3. The lowest BCUT2D eigenvalue weighted by Gasteiger charge is -2.05.